The molecule has 0 aromatic carbocycles. The van der Waals surface area contributed by atoms with E-state index in [0.717, 1.165) is 4.34 Å². The second-order valence-electron chi connectivity index (χ2n) is 2.48. The van der Waals surface area contributed by atoms with Gasteiger partial charge < -0.3 is 12.6 Å². The highest BCUT2D eigenvalue weighted by molar-refractivity contribution is 7.62. The van der Waals surface area contributed by atoms with Gasteiger partial charge >= 0.3 is 0 Å². The first kappa shape index (κ1) is 7.88. The molecule has 1 aromatic heterocycles. The van der Waals surface area contributed by atoms with Gasteiger partial charge in [-0.15, -0.1) is 0 Å². The lowest BCUT2D eigenvalue weighted by atomic mass is 10.2. The van der Waals surface area contributed by atoms with Crippen LogP contribution in [0.5, 0.6) is 0 Å². The van der Waals surface area contributed by atoms with Gasteiger partial charge in [-0.25, -0.2) is 0 Å². The number of aromatic nitrogens is 2. The molecule has 1 aromatic rings. The Labute approximate surface area is 70.3 Å². The zero-order valence-corrected chi connectivity index (χ0v) is 7.92. The minimum atomic E-state index is 0.527. The second kappa shape index (κ2) is 2.80. The Hall–Kier alpha value is -0.220. The molecule has 0 spiro atoms. The molecular formula is C6H10N2S2. The van der Waals surface area contributed by atoms with Crippen molar-refractivity contribution in [3.63, 3.8) is 0 Å². The molecule has 0 radical (unpaired) electrons. The summed E-state index contributed by atoms with van der Waals surface area (Å²) in [4.78, 5) is 0. The first-order chi connectivity index (χ1) is 4.61. The van der Waals surface area contributed by atoms with E-state index in [1.165, 1.54) is 5.01 Å². The van der Waals surface area contributed by atoms with Crippen molar-refractivity contribution in [2.75, 3.05) is 0 Å². The predicted molar refractivity (Wildman–Crippen MR) is 43.0 cm³/mol. The van der Waals surface area contributed by atoms with Gasteiger partial charge in [0.15, 0.2) is 12.1 Å². The van der Waals surface area contributed by atoms with Crippen LogP contribution in [0.1, 0.15) is 24.8 Å². The van der Waals surface area contributed by atoms with Crippen LogP contribution in [-0.2, 0) is 19.7 Å². The van der Waals surface area contributed by atoms with Crippen LogP contribution in [0, 0.1) is 0 Å². The predicted octanol–water partition coefficient (Wildman–Crippen LogP) is 0.997. The lowest BCUT2D eigenvalue weighted by Crippen LogP contribution is -2.34. The molecule has 56 valence electrons. The highest BCUT2D eigenvalue weighted by Gasteiger charge is 2.09. The van der Waals surface area contributed by atoms with Gasteiger partial charge in [0, 0.05) is 10.3 Å². The van der Waals surface area contributed by atoms with Crippen LogP contribution in [0.25, 0.3) is 0 Å². The molecule has 0 amide bonds. The van der Waals surface area contributed by atoms with Crippen molar-refractivity contribution < 1.29 is 4.68 Å². The third-order valence-corrected chi connectivity index (χ3v) is 2.77. The van der Waals surface area contributed by atoms with E-state index in [2.05, 4.69) is 18.9 Å². The molecule has 4 heteroatoms. The van der Waals surface area contributed by atoms with E-state index in [1.54, 1.807) is 11.3 Å². The molecule has 1 rings (SSSR count). The van der Waals surface area contributed by atoms with Crippen molar-refractivity contribution in [2.24, 2.45) is 7.05 Å². The van der Waals surface area contributed by atoms with E-state index in [9.17, 15) is 0 Å². The average molecular weight is 174 g/mol. The van der Waals surface area contributed by atoms with Gasteiger partial charge in [-0.1, -0.05) is 18.5 Å². The van der Waals surface area contributed by atoms with Crippen molar-refractivity contribution in [2.45, 2.75) is 24.1 Å². The molecule has 0 atom stereocenters. The summed E-state index contributed by atoms with van der Waals surface area (Å²) in [5.41, 5.74) is 0. The Morgan fingerprint density at radius 3 is 2.40 bits per heavy atom. The molecule has 0 saturated heterocycles. The van der Waals surface area contributed by atoms with Gasteiger partial charge in [-0.3, -0.25) is 11.3 Å². The summed E-state index contributed by atoms with van der Waals surface area (Å²) in [6.45, 7) is 4.28. The van der Waals surface area contributed by atoms with Crippen molar-refractivity contribution in [1.82, 2.24) is 5.10 Å². The fourth-order valence-electron chi connectivity index (χ4n) is 0.839. The third kappa shape index (κ3) is 1.44. The van der Waals surface area contributed by atoms with E-state index in [1.807, 2.05) is 11.7 Å². The fraction of sp³-hybridized carbons (Fsp3) is 0.667. The first-order valence-corrected chi connectivity index (χ1v) is 4.37. The molecular weight excluding hydrogens is 164 g/mol. The van der Waals surface area contributed by atoms with Crippen LogP contribution >= 0.6 is 11.3 Å². The molecule has 0 saturated carbocycles. The number of rotatable bonds is 1. The second-order valence-corrected chi connectivity index (χ2v) is 4.14. The summed E-state index contributed by atoms with van der Waals surface area (Å²) in [6.07, 6.45) is 0. The Kier molecular flexibility index (Phi) is 2.21. The maximum absolute atomic E-state index is 4.93. The molecule has 0 aliphatic carbocycles. The smallest absolute Gasteiger partial charge is 0.176 e. The molecule has 0 aliphatic rings. The molecule has 2 nitrogen and oxygen atoms in total. The van der Waals surface area contributed by atoms with Crippen LogP contribution in [0.15, 0.2) is 4.34 Å². The molecule has 1 heterocycles. The average Bonchev–Trinajstić information content (AvgIpc) is 2.10. The van der Waals surface area contributed by atoms with E-state index >= 15 is 0 Å². The summed E-state index contributed by atoms with van der Waals surface area (Å²) in [7, 11) is 1.93. The maximum Gasteiger partial charge on any atom is 0.176 e. The van der Waals surface area contributed by atoms with Gasteiger partial charge in [0.25, 0.3) is 0 Å². The molecule has 0 aliphatic heterocycles. The van der Waals surface area contributed by atoms with Gasteiger partial charge in [-0.2, -0.15) is 0 Å². The lowest BCUT2D eigenvalue weighted by molar-refractivity contribution is -0.735. The van der Waals surface area contributed by atoms with E-state index in [4.69, 9.17) is 12.6 Å². The minimum Gasteiger partial charge on any atom is -0.402 e. The minimum absolute atomic E-state index is 0.527. The van der Waals surface area contributed by atoms with Gasteiger partial charge in [0.05, 0.1) is 0 Å². The van der Waals surface area contributed by atoms with Crippen LogP contribution in [0.4, 0.5) is 0 Å². The quantitative estimate of drug-likeness (QED) is 0.466. The molecule has 0 unspecified atom stereocenters. The zero-order valence-electron chi connectivity index (χ0n) is 6.29. The summed E-state index contributed by atoms with van der Waals surface area (Å²) >= 11 is 6.52. The number of nitrogens with zero attached hydrogens (tertiary/aromatic N) is 2. The maximum atomic E-state index is 4.93. The van der Waals surface area contributed by atoms with Crippen LogP contribution in [-0.4, -0.2) is 5.10 Å². The van der Waals surface area contributed by atoms with E-state index in [-0.39, 0.29) is 0 Å². The Bertz CT molecular complexity index is 230. The third-order valence-electron chi connectivity index (χ3n) is 1.24. The summed E-state index contributed by atoms with van der Waals surface area (Å²) in [6, 6.07) is 0. The van der Waals surface area contributed by atoms with Crippen LogP contribution in [0.2, 0.25) is 0 Å². The first-order valence-electron chi connectivity index (χ1n) is 3.15. The molecule has 0 bridgehead atoms. The van der Waals surface area contributed by atoms with Crippen molar-refractivity contribution in [3.8, 4) is 0 Å². The lowest BCUT2D eigenvalue weighted by Gasteiger charge is -1.96. The Morgan fingerprint density at radius 1 is 1.60 bits per heavy atom. The largest absolute Gasteiger partial charge is 0.402 e. The van der Waals surface area contributed by atoms with E-state index in [0.29, 0.717) is 5.92 Å². The van der Waals surface area contributed by atoms with Gasteiger partial charge in [0.1, 0.15) is 0 Å². The Balaban J connectivity index is 3.03. The van der Waals surface area contributed by atoms with Crippen LogP contribution in [0.3, 0.4) is 0 Å². The number of hydrogen-bond acceptors (Lipinski definition) is 3. The monoisotopic (exact) mass is 174 g/mol. The van der Waals surface area contributed by atoms with Gasteiger partial charge in [-0.05, 0) is 5.10 Å². The summed E-state index contributed by atoms with van der Waals surface area (Å²) in [5, 5.41) is 5.32. The Morgan fingerprint density at radius 2 is 2.20 bits per heavy atom. The number of hydrogen-bond donors (Lipinski definition) is 0. The van der Waals surface area contributed by atoms with E-state index < -0.39 is 0 Å². The van der Waals surface area contributed by atoms with Crippen molar-refractivity contribution >= 4 is 24.0 Å². The zero-order chi connectivity index (χ0) is 7.72. The topological polar surface area (TPSA) is 16.8 Å². The van der Waals surface area contributed by atoms with Gasteiger partial charge in [0.2, 0.25) is 0 Å². The summed E-state index contributed by atoms with van der Waals surface area (Å²) in [5.74, 6) is 0.527. The van der Waals surface area contributed by atoms with Crippen LogP contribution < -0.4 is 4.68 Å². The molecule has 0 N–H and O–H groups in total. The van der Waals surface area contributed by atoms with Crippen molar-refractivity contribution in [1.29, 1.82) is 0 Å². The number of aryl methyl sites for hydroxylation is 1. The normalized spacial score (nSPS) is 10.8. The standard InChI is InChI=1S/C6H10N2S2/c1-4(2)5-8(3)7-6(9)10-5/h4H,1-3H3. The summed E-state index contributed by atoms with van der Waals surface area (Å²) < 4.78 is 2.59. The fourth-order valence-corrected chi connectivity index (χ4v) is 1.97. The highest BCUT2D eigenvalue weighted by Crippen LogP contribution is 2.16. The molecule has 0 fully saturated rings. The highest BCUT2D eigenvalue weighted by atomic mass is 32.2. The molecule has 10 heavy (non-hydrogen) atoms. The SMILES string of the molecule is CC(C)c1sc([S-])n[n+]1C. The van der Waals surface area contributed by atoms with Crippen molar-refractivity contribution in [3.05, 3.63) is 5.01 Å².